The van der Waals surface area contributed by atoms with Gasteiger partial charge in [-0.2, -0.15) is 0 Å². The number of rotatable bonds is 3. The van der Waals surface area contributed by atoms with Crippen molar-refractivity contribution in [2.75, 3.05) is 67.2 Å². The Kier molecular flexibility index (Phi) is 4.60. The fourth-order valence-corrected chi connectivity index (χ4v) is 3.31. The van der Waals surface area contributed by atoms with Crippen LogP contribution in [-0.4, -0.2) is 72.6 Å². The topological polar surface area (TPSA) is 70.5 Å². The van der Waals surface area contributed by atoms with Crippen molar-refractivity contribution in [3.05, 3.63) is 30.2 Å². The second-order valence-electron chi connectivity index (χ2n) is 6.29. The molecule has 0 saturated carbocycles. The first-order chi connectivity index (χ1) is 12.3. The number of piperazine rings is 1. The quantitative estimate of drug-likeness (QED) is 0.810. The van der Waals surface area contributed by atoms with Crippen LogP contribution in [0.4, 0.5) is 17.5 Å². The van der Waals surface area contributed by atoms with Crippen LogP contribution >= 0.6 is 0 Å². The highest BCUT2D eigenvalue weighted by molar-refractivity contribution is 5.48. The summed E-state index contributed by atoms with van der Waals surface area (Å²) < 4.78 is 5.38. The lowest BCUT2D eigenvalue weighted by Crippen LogP contribution is -2.47. The Morgan fingerprint density at radius 3 is 1.92 bits per heavy atom. The Morgan fingerprint density at radius 1 is 0.760 bits per heavy atom. The number of anilines is 3. The number of hydrogen-bond acceptors (Lipinski definition) is 8. The summed E-state index contributed by atoms with van der Waals surface area (Å²) in [6.45, 7) is 8.90. The van der Waals surface area contributed by atoms with E-state index in [1.54, 1.807) is 12.4 Å². The Balaban J connectivity index is 1.38. The lowest BCUT2D eigenvalue weighted by molar-refractivity contribution is 0.122. The highest BCUT2D eigenvalue weighted by Crippen LogP contribution is 2.20. The van der Waals surface area contributed by atoms with Crippen LogP contribution in [-0.2, 0) is 4.74 Å². The van der Waals surface area contributed by atoms with Gasteiger partial charge in [0.05, 0.1) is 18.9 Å². The molecule has 2 aliphatic heterocycles. The molecule has 4 heterocycles. The van der Waals surface area contributed by atoms with Gasteiger partial charge in [0.1, 0.15) is 5.82 Å². The van der Waals surface area contributed by atoms with Crippen LogP contribution in [0.25, 0.3) is 0 Å². The van der Waals surface area contributed by atoms with Crippen molar-refractivity contribution in [2.24, 2.45) is 0 Å². The van der Waals surface area contributed by atoms with Gasteiger partial charge < -0.3 is 19.4 Å². The zero-order valence-corrected chi connectivity index (χ0v) is 14.5. The van der Waals surface area contributed by atoms with E-state index in [4.69, 9.17) is 4.74 Å². The second kappa shape index (κ2) is 7.18. The first-order valence-electron chi connectivity index (χ1n) is 8.75. The number of morpholine rings is 1. The van der Waals surface area contributed by atoms with Crippen molar-refractivity contribution in [1.29, 1.82) is 0 Å². The maximum absolute atomic E-state index is 5.38. The van der Waals surface area contributed by atoms with E-state index >= 15 is 0 Å². The molecule has 8 nitrogen and oxygen atoms in total. The first-order valence-corrected chi connectivity index (χ1v) is 8.75. The highest BCUT2D eigenvalue weighted by atomic mass is 16.5. The lowest BCUT2D eigenvalue weighted by atomic mass is 10.3. The van der Waals surface area contributed by atoms with Gasteiger partial charge in [-0.3, -0.25) is 4.98 Å². The zero-order chi connectivity index (χ0) is 17.1. The normalized spacial score (nSPS) is 18.5. The standard InChI is InChI=1S/C17H23N7O/c1-14-17(19-5-4-18-14)24-8-6-22(7-9-24)15-2-3-16(21-20-15)23-10-12-25-13-11-23/h2-5H,6-13H2,1H3. The minimum atomic E-state index is 0.757. The Labute approximate surface area is 147 Å². The van der Waals surface area contributed by atoms with Crippen molar-refractivity contribution >= 4 is 17.5 Å². The molecular weight excluding hydrogens is 318 g/mol. The molecule has 4 rings (SSSR count). The molecule has 0 amide bonds. The summed E-state index contributed by atoms with van der Waals surface area (Å²) in [6.07, 6.45) is 3.49. The summed E-state index contributed by atoms with van der Waals surface area (Å²) in [4.78, 5) is 15.6. The van der Waals surface area contributed by atoms with E-state index in [9.17, 15) is 0 Å². The van der Waals surface area contributed by atoms with E-state index in [1.807, 2.05) is 6.92 Å². The Hall–Kier alpha value is -2.48. The fraction of sp³-hybridized carbons (Fsp3) is 0.529. The molecule has 0 N–H and O–H groups in total. The van der Waals surface area contributed by atoms with Gasteiger partial charge in [0.15, 0.2) is 11.6 Å². The highest BCUT2D eigenvalue weighted by Gasteiger charge is 2.21. The van der Waals surface area contributed by atoms with Crippen molar-refractivity contribution < 1.29 is 4.74 Å². The monoisotopic (exact) mass is 341 g/mol. The molecule has 2 fully saturated rings. The van der Waals surface area contributed by atoms with Crippen LogP contribution in [0.3, 0.4) is 0 Å². The predicted octanol–water partition coefficient (Wildman–Crippen LogP) is 0.738. The van der Waals surface area contributed by atoms with Gasteiger partial charge in [-0.05, 0) is 19.1 Å². The first kappa shape index (κ1) is 16.0. The number of aryl methyl sites for hydroxylation is 1. The molecular formula is C17H23N7O. The van der Waals surface area contributed by atoms with Crippen LogP contribution < -0.4 is 14.7 Å². The van der Waals surface area contributed by atoms with Crippen molar-refractivity contribution in [3.8, 4) is 0 Å². The van der Waals surface area contributed by atoms with E-state index in [0.29, 0.717) is 0 Å². The molecule has 132 valence electrons. The van der Waals surface area contributed by atoms with E-state index in [2.05, 4.69) is 47.0 Å². The maximum Gasteiger partial charge on any atom is 0.151 e. The van der Waals surface area contributed by atoms with Gasteiger partial charge in [-0.15, -0.1) is 10.2 Å². The van der Waals surface area contributed by atoms with Crippen LogP contribution in [0, 0.1) is 6.92 Å². The van der Waals surface area contributed by atoms with Crippen molar-refractivity contribution in [1.82, 2.24) is 20.2 Å². The number of ether oxygens (including phenoxy) is 1. The molecule has 0 unspecified atom stereocenters. The molecule has 0 aliphatic carbocycles. The predicted molar refractivity (Wildman–Crippen MR) is 96.3 cm³/mol. The third-order valence-corrected chi connectivity index (χ3v) is 4.73. The molecule has 2 saturated heterocycles. The fourth-order valence-electron chi connectivity index (χ4n) is 3.31. The molecule has 0 atom stereocenters. The van der Waals surface area contributed by atoms with E-state index < -0.39 is 0 Å². The average molecular weight is 341 g/mol. The van der Waals surface area contributed by atoms with Crippen molar-refractivity contribution in [3.63, 3.8) is 0 Å². The molecule has 25 heavy (non-hydrogen) atoms. The molecule has 2 aromatic rings. The van der Waals surface area contributed by atoms with Gasteiger partial charge in [0.2, 0.25) is 0 Å². The van der Waals surface area contributed by atoms with Gasteiger partial charge in [0, 0.05) is 51.7 Å². The molecule has 0 bridgehead atoms. The summed E-state index contributed by atoms with van der Waals surface area (Å²) in [6, 6.07) is 4.13. The molecule has 2 aliphatic rings. The second-order valence-corrected chi connectivity index (χ2v) is 6.29. The zero-order valence-electron chi connectivity index (χ0n) is 14.5. The molecule has 0 spiro atoms. The Morgan fingerprint density at radius 2 is 1.32 bits per heavy atom. The third kappa shape index (κ3) is 3.48. The minimum absolute atomic E-state index is 0.757. The van der Waals surface area contributed by atoms with E-state index in [1.165, 1.54) is 0 Å². The molecule has 2 aromatic heterocycles. The summed E-state index contributed by atoms with van der Waals surface area (Å²) >= 11 is 0. The van der Waals surface area contributed by atoms with Gasteiger partial charge in [-0.1, -0.05) is 0 Å². The number of hydrogen-bond donors (Lipinski definition) is 0. The number of aromatic nitrogens is 4. The van der Waals surface area contributed by atoms with Crippen molar-refractivity contribution in [2.45, 2.75) is 6.92 Å². The minimum Gasteiger partial charge on any atom is -0.378 e. The lowest BCUT2D eigenvalue weighted by Gasteiger charge is -2.36. The van der Waals surface area contributed by atoms with E-state index in [0.717, 1.165) is 75.6 Å². The smallest absolute Gasteiger partial charge is 0.151 e. The largest absolute Gasteiger partial charge is 0.378 e. The number of nitrogens with zero attached hydrogens (tertiary/aromatic N) is 7. The summed E-state index contributed by atoms with van der Waals surface area (Å²) in [5, 5.41) is 8.85. The van der Waals surface area contributed by atoms with Crippen LogP contribution in [0.5, 0.6) is 0 Å². The van der Waals surface area contributed by atoms with Crippen LogP contribution in [0.15, 0.2) is 24.5 Å². The average Bonchev–Trinajstić information content (AvgIpc) is 2.69. The summed E-state index contributed by atoms with van der Waals surface area (Å²) in [7, 11) is 0. The molecule has 0 radical (unpaired) electrons. The maximum atomic E-state index is 5.38. The summed E-state index contributed by atoms with van der Waals surface area (Å²) in [5.74, 6) is 2.85. The van der Waals surface area contributed by atoms with Crippen LogP contribution in [0.2, 0.25) is 0 Å². The SMILES string of the molecule is Cc1nccnc1N1CCN(c2ccc(N3CCOCC3)nn2)CC1. The van der Waals surface area contributed by atoms with E-state index in [-0.39, 0.29) is 0 Å². The molecule has 0 aromatic carbocycles. The summed E-state index contributed by atoms with van der Waals surface area (Å²) in [5.41, 5.74) is 0.977. The van der Waals surface area contributed by atoms with Gasteiger partial charge in [0.25, 0.3) is 0 Å². The molecule has 8 heteroatoms. The third-order valence-electron chi connectivity index (χ3n) is 4.73. The van der Waals surface area contributed by atoms with Crippen LogP contribution in [0.1, 0.15) is 5.69 Å². The van der Waals surface area contributed by atoms with Gasteiger partial charge >= 0.3 is 0 Å². The Bertz CT molecular complexity index is 694. The van der Waals surface area contributed by atoms with Gasteiger partial charge in [-0.25, -0.2) is 4.98 Å².